The van der Waals surface area contributed by atoms with E-state index in [1.807, 2.05) is 6.92 Å². The summed E-state index contributed by atoms with van der Waals surface area (Å²) in [7, 11) is -4.54. The molecule has 1 amide bonds. The second-order valence-corrected chi connectivity index (χ2v) is 10.0. The number of carbonyl (C=O) groups is 1. The average molecular weight is 522 g/mol. The van der Waals surface area contributed by atoms with Crippen LogP contribution >= 0.6 is 0 Å². The largest absolute Gasteiger partial charge is 0.447 e. The van der Waals surface area contributed by atoms with Gasteiger partial charge in [0.2, 0.25) is 0 Å². The molecule has 194 valence electrons. The van der Waals surface area contributed by atoms with Crippen molar-refractivity contribution in [2.45, 2.75) is 57.7 Å². The third-order valence-corrected chi connectivity index (χ3v) is 6.44. The van der Waals surface area contributed by atoms with Crippen LogP contribution < -0.4 is 15.7 Å². The standard InChI is InChI=1S/C21H26F3N3O7S/c1-3-4-5-6-9-34-20(30)27(35(2,31)32)26-18(28)14-11-13(17-8-7-10-33-17)15(21(22,23)24)12-16(14)25-19(26)29/h11-12,17H,3-10H2,1-2H3,(H,25,29)/t17-/m1/s1. The summed E-state index contributed by atoms with van der Waals surface area (Å²) < 4.78 is 76.1. The zero-order chi connectivity index (χ0) is 26.0. The zero-order valence-corrected chi connectivity index (χ0v) is 20.0. The van der Waals surface area contributed by atoms with Crippen LogP contribution in [0.25, 0.3) is 10.9 Å². The topological polar surface area (TPSA) is 128 Å². The van der Waals surface area contributed by atoms with Crippen LogP contribution in [0.2, 0.25) is 0 Å². The second kappa shape index (κ2) is 10.4. The lowest BCUT2D eigenvalue weighted by Gasteiger charge is -2.22. The van der Waals surface area contributed by atoms with E-state index in [1.54, 1.807) is 0 Å². The molecular weight excluding hydrogens is 495 g/mol. The van der Waals surface area contributed by atoms with E-state index in [0.29, 0.717) is 31.6 Å². The number of unbranched alkanes of at least 4 members (excludes halogenated alkanes) is 3. The highest BCUT2D eigenvalue weighted by atomic mass is 32.2. The molecule has 2 heterocycles. The number of aromatic amines is 1. The van der Waals surface area contributed by atoms with Crippen LogP contribution in [0, 0.1) is 0 Å². The minimum absolute atomic E-state index is 0.0125. The number of hydrogen-bond acceptors (Lipinski definition) is 7. The fraction of sp³-hybridized carbons (Fsp3) is 0.571. The van der Waals surface area contributed by atoms with Crippen molar-refractivity contribution in [2.24, 2.45) is 0 Å². The first-order chi connectivity index (χ1) is 16.4. The number of halogens is 3. The van der Waals surface area contributed by atoms with Crippen LogP contribution in [-0.2, 0) is 25.7 Å². The molecule has 0 radical (unpaired) electrons. The monoisotopic (exact) mass is 521 g/mol. The lowest BCUT2D eigenvalue weighted by Crippen LogP contribution is -2.56. The number of ether oxygens (including phenoxy) is 2. The van der Waals surface area contributed by atoms with Gasteiger partial charge in [-0.3, -0.25) is 4.79 Å². The molecule has 1 aliphatic rings. The van der Waals surface area contributed by atoms with Gasteiger partial charge in [-0.1, -0.05) is 30.6 Å². The van der Waals surface area contributed by atoms with Crippen molar-refractivity contribution < 1.29 is 35.9 Å². The molecule has 1 aromatic heterocycles. The third-order valence-electron chi connectivity index (χ3n) is 5.50. The third kappa shape index (κ3) is 5.86. The van der Waals surface area contributed by atoms with Crippen molar-refractivity contribution in [2.75, 3.05) is 23.9 Å². The van der Waals surface area contributed by atoms with Crippen LogP contribution in [0.15, 0.2) is 21.7 Å². The summed E-state index contributed by atoms with van der Waals surface area (Å²) >= 11 is 0. The molecule has 14 heteroatoms. The first-order valence-corrected chi connectivity index (χ1v) is 12.9. The summed E-state index contributed by atoms with van der Waals surface area (Å²) in [4.78, 5) is 40.5. The maximum absolute atomic E-state index is 13.7. The Hall–Kier alpha value is -2.87. The molecular formula is C21H26F3N3O7S. The van der Waals surface area contributed by atoms with Gasteiger partial charge in [-0.15, -0.1) is 4.68 Å². The van der Waals surface area contributed by atoms with E-state index in [2.05, 4.69) is 4.98 Å². The number of nitrogens with one attached hydrogen (secondary N) is 1. The number of nitrogens with zero attached hydrogens (tertiary/aromatic N) is 2. The molecule has 1 N–H and O–H groups in total. The lowest BCUT2D eigenvalue weighted by atomic mass is 9.97. The van der Waals surface area contributed by atoms with E-state index in [-0.39, 0.29) is 34.3 Å². The van der Waals surface area contributed by atoms with Crippen LogP contribution in [-0.4, -0.2) is 43.6 Å². The van der Waals surface area contributed by atoms with Crippen molar-refractivity contribution in [3.05, 3.63) is 44.1 Å². The summed E-state index contributed by atoms with van der Waals surface area (Å²) in [5.74, 6) is 0. The quantitative estimate of drug-likeness (QED) is 0.529. The van der Waals surface area contributed by atoms with Crippen LogP contribution in [0.5, 0.6) is 0 Å². The van der Waals surface area contributed by atoms with Gasteiger partial charge in [0.05, 0.1) is 35.4 Å². The van der Waals surface area contributed by atoms with Gasteiger partial charge >= 0.3 is 18.0 Å². The number of rotatable bonds is 8. The SMILES string of the molecule is CCCCCCOC(=O)N(n1c(=O)[nH]c2cc(C(F)(F)F)c([C@H]3CCCO3)cc2c1=O)S(C)(=O)=O. The average Bonchev–Trinajstić information content (AvgIpc) is 3.29. The highest BCUT2D eigenvalue weighted by molar-refractivity contribution is 7.92. The summed E-state index contributed by atoms with van der Waals surface area (Å²) in [5, 5.41) is -0.424. The van der Waals surface area contributed by atoms with E-state index in [9.17, 15) is 36.0 Å². The molecule has 3 rings (SSSR count). The van der Waals surface area contributed by atoms with E-state index in [4.69, 9.17) is 9.47 Å². The molecule has 0 saturated carbocycles. The van der Waals surface area contributed by atoms with E-state index < -0.39 is 56.1 Å². The molecule has 1 aromatic carbocycles. The van der Waals surface area contributed by atoms with Gasteiger partial charge in [-0.05, 0) is 37.0 Å². The fourth-order valence-electron chi connectivity index (χ4n) is 3.88. The van der Waals surface area contributed by atoms with Gasteiger partial charge in [0.15, 0.2) is 0 Å². The molecule has 10 nitrogen and oxygen atoms in total. The minimum Gasteiger partial charge on any atom is -0.447 e. The van der Waals surface area contributed by atoms with Gasteiger partial charge < -0.3 is 14.5 Å². The molecule has 0 spiro atoms. The van der Waals surface area contributed by atoms with Gasteiger partial charge in [-0.25, -0.2) is 18.0 Å². The predicted octanol–water partition coefficient (Wildman–Crippen LogP) is 3.17. The normalized spacial score (nSPS) is 16.5. The summed E-state index contributed by atoms with van der Waals surface area (Å²) in [5.41, 5.74) is -4.59. The minimum atomic E-state index is -4.80. The Labute approximate surface area is 198 Å². The number of aromatic nitrogens is 2. The molecule has 2 aromatic rings. The zero-order valence-electron chi connectivity index (χ0n) is 19.2. The Morgan fingerprint density at radius 2 is 1.97 bits per heavy atom. The molecule has 1 fully saturated rings. The highest BCUT2D eigenvalue weighted by Crippen LogP contribution is 2.40. The molecule has 1 aliphatic heterocycles. The van der Waals surface area contributed by atoms with Crippen molar-refractivity contribution in [1.82, 2.24) is 9.66 Å². The first kappa shape index (κ1) is 26.7. The fourth-order valence-corrected chi connectivity index (χ4v) is 4.65. The number of benzene rings is 1. The summed E-state index contributed by atoms with van der Waals surface area (Å²) in [6, 6.07) is 1.52. The van der Waals surface area contributed by atoms with E-state index >= 15 is 0 Å². The first-order valence-electron chi connectivity index (χ1n) is 11.1. The Morgan fingerprint density at radius 3 is 2.54 bits per heavy atom. The highest BCUT2D eigenvalue weighted by Gasteiger charge is 2.38. The lowest BCUT2D eigenvalue weighted by molar-refractivity contribution is -0.139. The molecule has 35 heavy (non-hydrogen) atoms. The summed E-state index contributed by atoms with van der Waals surface area (Å²) in [6.07, 6.45) is -2.91. The van der Waals surface area contributed by atoms with Gasteiger partial charge in [-0.2, -0.15) is 13.2 Å². The maximum atomic E-state index is 13.7. The number of alkyl halides is 3. The number of amides is 1. The Balaban J connectivity index is 2.14. The number of H-pyrrole nitrogens is 1. The van der Waals surface area contributed by atoms with E-state index in [1.165, 1.54) is 0 Å². The Bertz CT molecular complexity index is 1310. The molecule has 1 atom stereocenters. The van der Waals surface area contributed by atoms with Crippen molar-refractivity contribution in [3.8, 4) is 0 Å². The Morgan fingerprint density at radius 1 is 1.26 bits per heavy atom. The van der Waals surface area contributed by atoms with Gasteiger partial charge in [0.25, 0.3) is 15.6 Å². The second-order valence-electron chi connectivity index (χ2n) is 8.21. The van der Waals surface area contributed by atoms with Crippen LogP contribution in [0.1, 0.15) is 62.7 Å². The molecule has 1 saturated heterocycles. The predicted molar refractivity (Wildman–Crippen MR) is 120 cm³/mol. The van der Waals surface area contributed by atoms with Gasteiger partial charge in [0.1, 0.15) is 0 Å². The van der Waals surface area contributed by atoms with Crippen molar-refractivity contribution >= 4 is 27.0 Å². The number of fused-ring (bicyclic) bond motifs is 1. The van der Waals surface area contributed by atoms with Gasteiger partial charge in [0, 0.05) is 6.61 Å². The number of carbonyl (C=O) groups excluding carboxylic acids is 1. The van der Waals surface area contributed by atoms with Crippen LogP contribution in [0.3, 0.4) is 0 Å². The van der Waals surface area contributed by atoms with Crippen molar-refractivity contribution in [3.63, 3.8) is 0 Å². The Kier molecular flexibility index (Phi) is 7.94. The smallest absolute Gasteiger partial charge is 0.444 e. The van der Waals surface area contributed by atoms with E-state index in [0.717, 1.165) is 18.9 Å². The molecule has 0 unspecified atom stereocenters. The van der Waals surface area contributed by atoms with Crippen molar-refractivity contribution in [1.29, 1.82) is 0 Å². The molecule has 0 aliphatic carbocycles. The maximum Gasteiger partial charge on any atom is 0.444 e. The summed E-state index contributed by atoms with van der Waals surface area (Å²) in [6.45, 7) is 2.06. The number of sulfonamides is 1. The molecule has 0 bridgehead atoms. The number of hydrogen-bond donors (Lipinski definition) is 1. The van der Waals surface area contributed by atoms with Crippen LogP contribution in [0.4, 0.5) is 18.0 Å².